The summed E-state index contributed by atoms with van der Waals surface area (Å²) < 4.78 is 5.58. The van der Waals surface area contributed by atoms with Gasteiger partial charge in [-0.05, 0) is 30.5 Å². The Kier molecular flexibility index (Phi) is 5.22. The third kappa shape index (κ3) is 3.29. The molecule has 0 radical (unpaired) electrons. The highest BCUT2D eigenvalue weighted by Crippen LogP contribution is 2.30. The van der Waals surface area contributed by atoms with Crippen LogP contribution in [0.1, 0.15) is 24.9 Å². The number of likely N-dealkylation sites (tertiary alicyclic amines) is 1. The lowest BCUT2D eigenvalue weighted by atomic mass is 9.93. The molecule has 0 amide bonds. The first kappa shape index (κ1) is 14.8. The summed E-state index contributed by atoms with van der Waals surface area (Å²) in [4.78, 5) is 2.40. The van der Waals surface area contributed by atoms with E-state index < -0.39 is 0 Å². The van der Waals surface area contributed by atoms with E-state index in [4.69, 9.17) is 22.1 Å². The summed E-state index contributed by atoms with van der Waals surface area (Å²) in [6.07, 6.45) is 1.42. The molecule has 3 nitrogen and oxygen atoms in total. The lowest BCUT2D eigenvalue weighted by Crippen LogP contribution is -2.47. The highest BCUT2D eigenvalue weighted by atomic mass is 35.5. The molecule has 1 aliphatic rings. The number of benzene rings is 1. The van der Waals surface area contributed by atoms with Gasteiger partial charge in [-0.25, -0.2) is 0 Å². The monoisotopic (exact) mass is 282 g/mol. The minimum absolute atomic E-state index is 0.179. The molecule has 1 aromatic carbocycles. The van der Waals surface area contributed by atoms with Crippen LogP contribution in [0.15, 0.2) is 24.3 Å². The van der Waals surface area contributed by atoms with Gasteiger partial charge in [0.25, 0.3) is 0 Å². The lowest BCUT2D eigenvalue weighted by molar-refractivity contribution is -0.0183. The van der Waals surface area contributed by atoms with Crippen LogP contribution >= 0.6 is 11.6 Å². The smallest absolute Gasteiger partial charge is 0.0724 e. The predicted molar refractivity (Wildman–Crippen MR) is 79.4 cm³/mol. The first-order chi connectivity index (χ1) is 9.17. The second kappa shape index (κ2) is 6.71. The molecule has 2 rings (SSSR count). The molecule has 1 saturated heterocycles. The topological polar surface area (TPSA) is 38.5 Å². The molecular weight excluding hydrogens is 260 g/mol. The highest BCUT2D eigenvalue weighted by molar-refractivity contribution is 6.31. The standard InChI is InChI=1S/C15H23ClN2O/c1-11-7-8-18(10-15(11)19-2)14(9-17)12-5-3-4-6-13(12)16/h3-6,11,14-15H,7-10,17H2,1-2H3. The van der Waals surface area contributed by atoms with E-state index in [0.29, 0.717) is 12.5 Å². The van der Waals surface area contributed by atoms with E-state index in [-0.39, 0.29) is 12.1 Å². The predicted octanol–water partition coefficient (Wildman–Crippen LogP) is 2.70. The molecule has 0 spiro atoms. The molecule has 4 heteroatoms. The van der Waals surface area contributed by atoms with Gasteiger partial charge in [0.15, 0.2) is 0 Å². The largest absolute Gasteiger partial charge is 0.380 e. The van der Waals surface area contributed by atoms with Crippen molar-refractivity contribution in [2.24, 2.45) is 11.7 Å². The van der Waals surface area contributed by atoms with Crippen molar-refractivity contribution in [3.8, 4) is 0 Å². The zero-order valence-electron chi connectivity index (χ0n) is 11.7. The van der Waals surface area contributed by atoms with Crippen molar-refractivity contribution in [1.82, 2.24) is 4.90 Å². The average molecular weight is 283 g/mol. The normalized spacial score (nSPS) is 26.3. The van der Waals surface area contributed by atoms with Crippen molar-refractivity contribution in [3.63, 3.8) is 0 Å². The number of halogens is 1. The second-order valence-corrected chi connectivity index (χ2v) is 5.72. The molecule has 0 aliphatic carbocycles. The molecule has 1 fully saturated rings. The lowest BCUT2D eigenvalue weighted by Gasteiger charge is -2.40. The average Bonchev–Trinajstić information content (AvgIpc) is 2.43. The Morgan fingerprint density at radius 3 is 2.84 bits per heavy atom. The fourth-order valence-corrected chi connectivity index (χ4v) is 3.13. The molecule has 106 valence electrons. The SMILES string of the molecule is COC1CN(C(CN)c2ccccc2Cl)CCC1C. The van der Waals surface area contributed by atoms with Crippen LogP contribution < -0.4 is 5.73 Å². The second-order valence-electron chi connectivity index (χ2n) is 5.31. The number of methoxy groups -OCH3 is 1. The van der Waals surface area contributed by atoms with Crippen molar-refractivity contribution in [3.05, 3.63) is 34.9 Å². The maximum Gasteiger partial charge on any atom is 0.0724 e. The van der Waals surface area contributed by atoms with Crippen LogP contribution in [0.25, 0.3) is 0 Å². The van der Waals surface area contributed by atoms with E-state index in [1.165, 1.54) is 0 Å². The van der Waals surface area contributed by atoms with Crippen molar-refractivity contribution in [2.45, 2.75) is 25.5 Å². The summed E-state index contributed by atoms with van der Waals surface area (Å²) in [7, 11) is 1.79. The van der Waals surface area contributed by atoms with Gasteiger partial charge in [0, 0.05) is 31.3 Å². The first-order valence-corrected chi connectivity index (χ1v) is 7.26. The minimum Gasteiger partial charge on any atom is -0.380 e. The van der Waals surface area contributed by atoms with Crippen LogP contribution in [0.2, 0.25) is 5.02 Å². The molecule has 1 heterocycles. The van der Waals surface area contributed by atoms with Crippen LogP contribution in [0.4, 0.5) is 0 Å². The summed E-state index contributed by atoms with van der Waals surface area (Å²) in [6.45, 7) is 4.80. The molecule has 2 N–H and O–H groups in total. The Balaban J connectivity index is 2.16. The number of nitrogens with zero attached hydrogens (tertiary/aromatic N) is 1. The number of hydrogen-bond donors (Lipinski definition) is 1. The molecule has 0 bridgehead atoms. The zero-order valence-corrected chi connectivity index (χ0v) is 12.4. The Morgan fingerprint density at radius 2 is 2.21 bits per heavy atom. The molecule has 3 atom stereocenters. The highest BCUT2D eigenvalue weighted by Gasteiger charge is 2.30. The molecule has 0 aromatic heterocycles. The molecule has 1 aliphatic heterocycles. The van der Waals surface area contributed by atoms with Gasteiger partial charge in [-0.15, -0.1) is 0 Å². The van der Waals surface area contributed by atoms with Gasteiger partial charge in [0.1, 0.15) is 0 Å². The molecular formula is C15H23ClN2O. The van der Waals surface area contributed by atoms with E-state index in [1.54, 1.807) is 7.11 Å². The molecule has 3 unspecified atom stereocenters. The third-order valence-corrected chi connectivity index (χ3v) is 4.50. The van der Waals surface area contributed by atoms with Crippen LogP contribution in [-0.2, 0) is 4.74 Å². The van der Waals surface area contributed by atoms with Gasteiger partial charge in [0.05, 0.1) is 6.10 Å². The van der Waals surface area contributed by atoms with Gasteiger partial charge in [-0.1, -0.05) is 36.7 Å². The molecule has 19 heavy (non-hydrogen) atoms. The summed E-state index contributed by atoms with van der Waals surface area (Å²) in [5.74, 6) is 0.603. The Morgan fingerprint density at radius 1 is 1.47 bits per heavy atom. The number of rotatable bonds is 4. The Labute approximate surface area is 120 Å². The third-order valence-electron chi connectivity index (χ3n) is 4.15. The van der Waals surface area contributed by atoms with E-state index in [1.807, 2.05) is 18.2 Å². The summed E-state index contributed by atoms with van der Waals surface area (Å²) >= 11 is 6.30. The fourth-order valence-electron chi connectivity index (χ4n) is 2.87. The summed E-state index contributed by atoms with van der Waals surface area (Å²) in [5, 5.41) is 0.797. The fraction of sp³-hybridized carbons (Fsp3) is 0.600. The van der Waals surface area contributed by atoms with Crippen LogP contribution in [0, 0.1) is 5.92 Å². The van der Waals surface area contributed by atoms with Crippen molar-refractivity contribution in [2.75, 3.05) is 26.7 Å². The summed E-state index contributed by atoms with van der Waals surface area (Å²) in [5.41, 5.74) is 7.11. The molecule has 0 saturated carbocycles. The van der Waals surface area contributed by atoms with Gasteiger partial charge in [0.2, 0.25) is 0 Å². The van der Waals surface area contributed by atoms with Crippen molar-refractivity contribution >= 4 is 11.6 Å². The van der Waals surface area contributed by atoms with Gasteiger partial charge >= 0.3 is 0 Å². The van der Waals surface area contributed by atoms with E-state index in [9.17, 15) is 0 Å². The first-order valence-electron chi connectivity index (χ1n) is 6.88. The van der Waals surface area contributed by atoms with Crippen LogP contribution in [-0.4, -0.2) is 37.7 Å². The van der Waals surface area contributed by atoms with E-state index >= 15 is 0 Å². The molecule has 1 aromatic rings. The Hall–Kier alpha value is -0.610. The minimum atomic E-state index is 0.179. The zero-order chi connectivity index (χ0) is 13.8. The number of ether oxygens (including phenoxy) is 1. The van der Waals surface area contributed by atoms with Crippen LogP contribution in [0.5, 0.6) is 0 Å². The Bertz CT molecular complexity index is 413. The van der Waals surface area contributed by atoms with Gasteiger partial charge in [-0.3, -0.25) is 4.90 Å². The van der Waals surface area contributed by atoms with E-state index in [2.05, 4.69) is 17.9 Å². The van der Waals surface area contributed by atoms with Crippen molar-refractivity contribution in [1.29, 1.82) is 0 Å². The summed E-state index contributed by atoms with van der Waals surface area (Å²) in [6, 6.07) is 8.15. The number of hydrogen-bond acceptors (Lipinski definition) is 3. The maximum absolute atomic E-state index is 6.30. The maximum atomic E-state index is 6.30. The van der Waals surface area contributed by atoms with Crippen molar-refractivity contribution < 1.29 is 4.74 Å². The van der Waals surface area contributed by atoms with Crippen LogP contribution in [0.3, 0.4) is 0 Å². The number of piperidine rings is 1. The quantitative estimate of drug-likeness (QED) is 0.923. The number of nitrogens with two attached hydrogens (primary N) is 1. The van der Waals surface area contributed by atoms with Gasteiger partial charge in [-0.2, -0.15) is 0 Å². The van der Waals surface area contributed by atoms with Gasteiger partial charge < -0.3 is 10.5 Å². The van der Waals surface area contributed by atoms with E-state index in [0.717, 1.165) is 30.1 Å².